The topological polar surface area (TPSA) is 39.5 Å². The minimum atomic E-state index is 0.751. The highest BCUT2D eigenvalue weighted by Gasteiger charge is 2.25. The molecule has 5 heteroatoms. The van der Waals surface area contributed by atoms with Crippen LogP contribution in [0.5, 0.6) is 11.5 Å². The average Bonchev–Trinajstić information content (AvgIpc) is 3.65. The Bertz CT molecular complexity index is 1440. The summed E-state index contributed by atoms with van der Waals surface area (Å²) in [4.78, 5) is 8.10. The molecular formula is C37H45N3O2. The summed E-state index contributed by atoms with van der Waals surface area (Å²) in [6.45, 7) is 6.97. The normalized spacial score (nSPS) is 15.1. The van der Waals surface area contributed by atoms with Crippen LogP contribution < -0.4 is 9.47 Å². The van der Waals surface area contributed by atoms with Gasteiger partial charge in [-0.2, -0.15) is 0 Å². The molecule has 1 fully saturated rings. The van der Waals surface area contributed by atoms with Crippen LogP contribution in [-0.4, -0.2) is 34.7 Å². The Morgan fingerprint density at radius 3 is 2.50 bits per heavy atom. The van der Waals surface area contributed by atoms with Gasteiger partial charge in [-0.1, -0.05) is 75.1 Å². The number of methoxy groups -OCH3 is 1. The maximum absolute atomic E-state index is 5.82. The van der Waals surface area contributed by atoms with Gasteiger partial charge in [-0.05, 0) is 66.6 Å². The lowest BCUT2D eigenvalue weighted by molar-refractivity contribution is 0.183. The average molecular weight is 564 g/mol. The molecule has 0 saturated heterocycles. The van der Waals surface area contributed by atoms with E-state index in [2.05, 4.69) is 89.2 Å². The number of fused-ring (bicyclic) bond motifs is 1. The molecule has 5 nitrogen and oxygen atoms in total. The second-order valence-electron chi connectivity index (χ2n) is 12.0. The van der Waals surface area contributed by atoms with Crippen LogP contribution in [0.25, 0.3) is 22.6 Å². The predicted octanol–water partition coefficient (Wildman–Crippen LogP) is 8.54. The second kappa shape index (κ2) is 13.6. The molecule has 220 valence electrons. The fraction of sp³-hybridized carbons (Fsp3) is 0.432. The molecule has 2 heterocycles. The van der Waals surface area contributed by atoms with E-state index in [1.807, 2.05) is 0 Å². The molecule has 0 bridgehead atoms. The standard InChI is InChI=1S/C37H45N3O2/c1-3-4-22-40-34(36(30-16-18-33(41-2)19-17-30)38-37(40)31-13-9-6-10-14-31)27-39(25-28-11-7-5-8-12-28)26-29-15-20-35-32(24-29)21-23-42-35/h6,9-10,13-20,24,28H,3-5,7-8,11-12,21-23,25-27H2,1-2H3. The first-order valence-electron chi connectivity index (χ1n) is 16.0. The number of aromatic nitrogens is 2. The summed E-state index contributed by atoms with van der Waals surface area (Å²) < 4.78 is 13.8. The molecule has 4 aromatic rings. The Morgan fingerprint density at radius 1 is 0.929 bits per heavy atom. The van der Waals surface area contributed by atoms with Crippen LogP contribution in [-0.2, 0) is 26.1 Å². The van der Waals surface area contributed by atoms with Gasteiger partial charge in [0, 0.05) is 43.7 Å². The van der Waals surface area contributed by atoms with E-state index in [4.69, 9.17) is 14.5 Å². The Labute approximate surface area is 251 Å². The van der Waals surface area contributed by atoms with Gasteiger partial charge in [-0.3, -0.25) is 4.90 Å². The SMILES string of the molecule is CCCCn1c(-c2ccccc2)nc(-c2ccc(OC)cc2)c1CN(Cc1ccc2c(c1)CCO2)CC1CCCCC1. The van der Waals surface area contributed by atoms with Crippen LogP contribution in [0, 0.1) is 5.92 Å². The van der Waals surface area contributed by atoms with E-state index in [1.54, 1.807) is 7.11 Å². The Kier molecular flexibility index (Phi) is 9.25. The van der Waals surface area contributed by atoms with Crippen molar-refractivity contribution in [1.82, 2.24) is 14.5 Å². The molecule has 6 rings (SSSR count). The van der Waals surface area contributed by atoms with E-state index < -0.39 is 0 Å². The molecule has 3 aromatic carbocycles. The molecular weight excluding hydrogens is 518 g/mol. The van der Waals surface area contributed by atoms with Crippen LogP contribution in [0.3, 0.4) is 0 Å². The minimum absolute atomic E-state index is 0.751. The summed E-state index contributed by atoms with van der Waals surface area (Å²) in [5.74, 6) is 3.75. The van der Waals surface area contributed by atoms with Crippen molar-refractivity contribution in [1.29, 1.82) is 0 Å². The third-order valence-corrected chi connectivity index (χ3v) is 8.98. The van der Waals surface area contributed by atoms with Crippen molar-refractivity contribution in [2.75, 3.05) is 20.3 Å². The molecule has 1 aromatic heterocycles. The first kappa shape index (κ1) is 28.5. The lowest BCUT2D eigenvalue weighted by Gasteiger charge is -2.30. The van der Waals surface area contributed by atoms with Crippen LogP contribution in [0.1, 0.15) is 68.7 Å². The van der Waals surface area contributed by atoms with Gasteiger partial charge in [-0.25, -0.2) is 4.98 Å². The number of hydrogen-bond acceptors (Lipinski definition) is 4. The molecule has 1 aliphatic heterocycles. The van der Waals surface area contributed by atoms with Crippen molar-refractivity contribution in [2.45, 2.75) is 77.9 Å². The number of nitrogens with zero attached hydrogens (tertiary/aromatic N) is 3. The van der Waals surface area contributed by atoms with Gasteiger partial charge in [0.1, 0.15) is 17.3 Å². The van der Waals surface area contributed by atoms with E-state index in [9.17, 15) is 0 Å². The number of hydrogen-bond donors (Lipinski definition) is 0. The fourth-order valence-corrected chi connectivity index (χ4v) is 6.72. The van der Waals surface area contributed by atoms with E-state index in [0.29, 0.717) is 0 Å². The number of ether oxygens (including phenoxy) is 2. The molecule has 0 amide bonds. The van der Waals surface area contributed by atoms with Crippen molar-refractivity contribution < 1.29 is 9.47 Å². The van der Waals surface area contributed by atoms with Crippen molar-refractivity contribution in [3.63, 3.8) is 0 Å². The summed E-state index contributed by atoms with van der Waals surface area (Å²) in [6, 6.07) is 26.0. The first-order chi connectivity index (χ1) is 20.7. The Morgan fingerprint density at radius 2 is 1.74 bits per heavy atom. The zero-order valence-electron chi connectivity index (χ0n) is 25.4. The summed E-state index contributed by atoms with van der Waals surface area (Å²) in [5, 5.41) is 0. The molecule has 0 N–H and O–H groups in total. The summed E-state index contributed by atoms with van der Waals surface area (Å²) in [5.41, 5.74) is 7.45. The van der Waals surface area contributed by atoms with E-state index in [-0.39, 0.29) is 0 Å². The summed E-state index contributed by atoms with van der Waals surface area (Å²) >= 11 is 0. The van der Waals surface area contributed by atoms with E-state index in [1.165, 1.54) is 54.5 Å². The third kappa shape index (κ3) is 6.57. The van der Waals surface area contributed by atoms with Crippen molar-refractivity contribution >= 4 is 0 Å². The monoisotopic (exact) mass is 563 g/mol. The maximum Gasteiger partial charge on any atom is 0.140 e. The number of benzene rings is 3. The van der Waals surface area contributed by atoms with Crippen LogP contribution in [0.15, 0.2) is 72.8 Å². The van der Waals surface area contributed by atoms with Crippen LogP contribution >= 0.6 is 0 Å². The van der Waals surface area contributed by atoms with Gasteiger partial charge >= 0.3 is 0 Å². The highest BCUT2D eigenvalue weighted by Crippen LogP contribution is 2.34. The lowest BCUT2D eigenvalue weighted by atomic mass is 9.88. The van der Waals surface area contributed by atoms with E-state index in [0.717, 1.165) is 86.5 Å². The zero-order chi connectivity index (χ0) is 28.7. The summed E-state index contributed by atoms with van der Waals surface area (Å²) in [6.07, 6.45) is 10.1. The second-order valence-corrected chi connectivity index (χ2v) is 12.0. The van der Waals surface area contributed by atoms with Crippen LogP contribution in [0.4, 0.5) is 0 Å². The van der Waals surface area contributed by atoms with Gasteiger partial charge in [0.15, 0.2) is 0 Å². The van der Waals surface area contributed by atoms with Gasteiger partial charge in [0.2, 0.25) is 0 Å². The molecule has 1 aliphatic carbocycles. The molecule has 1 saturated carbocycles. The number of unbranched alkanes of at least 4 members (excludes halogenated alkanes) is 1. The Hall–Kier alpha value is -3.57. The molecule has 0 atom stereocenters. The quantitative estimate of drug-likeness (QED) is 0.173. The van der Waals surface area contributed by atoms with Crippen molar-refractivity contribution in [3.05, 3.63) is 89.6 Å². The molecule has 0 unspecified atom stereocenters. The van der Waals surface area contributed by atoms with Crippen molar-refractivity contribution in [2.24, 2.45) is 5.92 Å². The predicted molar refractivity (Wildman–Crippen MR) is 171 cm³/mol. The molecule has 2 aliphatic rings. The fourth-order valence-electron chi connectivity index (χ4n) is 6.72. The highest BCUT2D eigenvalue weighted by atomic mass is 16.5. The van der Waals surface area contributed by atoms with Crippen molar-refractivity contribution in [3.8, 4) is 34.1 Å². The maximum atomic E-state index is 5.82. The van der Waals surface area contributed by atoms with E-state index >= 15 is 0 Å². The lowest BCUT2D eigenvalue weighted by Crippen LogP contribution is -2.31. The van der Waals surface area contributed by atoms with Gasteiger partial charge < -0.3 is 14.0 Å². The molecule has 0 spiro atoms. The molecule has 0 radical (unpaired) electrons. The molecule has 42 heavy (non-hydrogen) atoms. The summed E-state index contributed by atoms with van der Waals surface area (Å²) in [7, 11) is 1.72. The number of imidazole rings is 1. The van der Waals surface area contributed by atoms with Gasteiger partial charge in [-0.15, -0.1) is 0 Å². The largest absolute Gasteiger partial charge is 0.497 e. The first-order valence-corrected chi connectivity index (χ1v) is 16.0. The van der Waals surface area contributed by atoms with Crippen LogP contribution in [0.2, 0.25) is 0 Å². The van der Waals surface area contributed by atoms with Gasteiger partial charge in [0.05, 0.1) is 25.1 Å². The Balaban J connectivity index is 1.41. The number of rotatable bonds is 12. The highest BCUT2D eigenvalue weighted by molar-refractivity contribution is 5.69. The smallest absolute Gasteiger partial charge is 0.140 e. The van der Waals surface area contributed by atoms with Gasteiger partial charge in [0.25, 0.3) is 0 Å². The minimum Gasteiger partial charge on any atom is -0.497 e. The third-order valence-electron chi connectivity index (χ3n) is 8.98. The zero-order valence-corrected chi connectivity index (χ0v) is 25.4.